The van der Waals surface area contributed by atoms with Gasteiger partial charge in [0.1, 0.15) is 0 Å². The minimum absolute atomic E-state index is 0.311. The summed E-state index contributed by atoms with van der Waals surface area (Å²) in [5, 5.41) is 3.21. The lowest BCUT2D eigenvalue weighted by Crippen LogP contribution is -2.35. The van der Waals surface area contributed by atoms with Crippen LogP contribution in [0.2, 0.25) is 0 Å². The summed E-state index contributed by atoms with van der Waals surface area (Å²) in [5.74, 6) is 1.18. The maximum atomic E-state index is 12.0. The summed E-state index contributed by atoms with van der Waals surface area (Å²) in [6, 6.07) is 9.95. The summed E-state index contributed by atoms with van der Waals surface area (Å²) in [4.78, 5) is 0.915. The van der Waals surface area contributed by atoms with Crippen molar-refractivity contribution in [2.45, 2.75) is 24.8 Å². The smallest absolute Gasteiger partial charge is 0.0545 e. The summed E-state index contributed by atoms with van der Waals surface area (Å²) in [6.07, 6.45) is 0. The number of rotatable bonds is 5. The van der Waals surface area contributed by atoms with Gasteiger partial charge in [0.15, 0.2) is 0 Å². The van der Waals surface area contributed by atoms with E-state index in [0.29, 0.717) is 17.7 Å². The van der Waals surface area contributed by atoms with Crippen molar-refractivity contribution < 1.29 is 4.21 Å². The Morgan fingerprint density at radius 1 is 1.27 bits per heavy atom. The second-order valence-corrected chi connectivity index (χ2v) is 5.46. The zero-order valence-corrected chi connectivity index (χ0v) is 10.4. The van der Waals surface area contributed by atoms with Crippen molar-refractivity contribution in [3.05, 3.63) is 30.3 Å². The minimum Gasteiger partial charge on any atom is -0.316 e. The largest absolute Gasteiger partial charge is 0.316 e. The predicted octanol–water partition coefficient (Wildman–Crippen LogP) is 2.04. The molecule has 1 rings (SSSR count). The van der Waals surface area contributed by atoms with E-state index >= 15 is 0 Å². The van der Waals surface area contributed by atoms with E-state index in [1.807, 2.05) is 37.4 Å². The first-order chi connectivity index (χ1) is 7.15. The fourth-order valence-electron chi connectivity index (χ4n) is 1.44. The predicted molar refractivity (Wildman–Crippen MR) is 65.4 cm³/mol. The summed E-state index contributed by atoms with van der Waals surface area (Å²) in [5.41, 5.74) is 0. The molecule has 0 fully saturated rings. The van der Waals surface area contributed by atoms with Gasteiger partial charge in [-0.05, 0) is 25.1 Å². The first-order valence-electron chi connectivity index (χ1n) is 5.26. The fourth-order valence-corrected chi connectivity index (χ4v) is 2.97. The van der Waals surface area contributed by atoms with Crippen LogP contribution in [0.15, 0.2) is 35.2 Å². The maximum Gasteiger partial charge on any atom is 0.0545 e. The molecule has 0 bridgehead atoms. The van der Waals surface area contributed by atoms with Gasteiger partial charge in [-0.3, -0.25) is 4.21 Å². The molecule has 3 heteroatoms. The molecule has 0 spiro atoms. The van der Waals surface area contributed by atoms with Crippen molar-refractivity contribution in [3.8, 4) is 0 Å². The van der Waals surface area contributed by atoms with E-state index in [4.69, 9.17) is 0 Å². The highest BCUT2D eigenvalue weighted by atomic mass is 32.2. The van der Waals surface area contributed by atoms with Crippen LogP contribution in [-0.4, -0.2) is 23.1 Å². The normalized spacial score (nSPS) is 15.2. The van der Waals surface area contributed by atoms with Crippen molar-refractivity contribution in [1.82, 2.24) is 5.32 Å². The Labute approximate surface area is 94.5 Å². The number of hydrogen-bond acceptors (Lipinski definition) is 2. The van der Waals surface area contributed by atoms with Gasteiger partial charge in [-0.2, -0.15) is 0 Å². The molecule has 15 heavy (non-hydrogen) atoms. The van der Waals surface area contributed by atoms with Crippen LogP contribution >= 0.6 is 0 Å². The molecule has 0 aliphatic rings. The lowest BCUT2D eigenvalue weighted by atomic mass is 10.1. The Morgan fingerprint density at radius 2 is 1.87 bits per heavy atom. The van der Waals surface area contributed by atoms with Crippen molar-refractivity contribution in [2.75, 3.05) is 12.8 Å². The highest BCUT2D eigenvalue weighted by Gasteiger charge is 2.15. The molecule has 0 saturated heterocycles. The average molecular weight is 225 g/mol. The first kappa shape index (κ1) is 12.4. The van der Waals surface area contributed by atoms with Crippen molar-refractivity contribution in [1.29, 1.82) is 0 Å². The molecule has 0 aliphatic carbocycles. The minimum atomic E-state index is -0.896. The van der Waals surface area contributed by atoms with E-state index in [2.05, 4.69) is 19.2 Å². The third kappa shape index (κ3) is 3.76. The Balaban J connectivity index is 2.63. The molecule has 0 aliphatic heterocycles. The zero-order valence-electron chi connectivity index (χ0n) is 9.57. The van der Waals surface area contributed by atoms with Gasteiger partial charge in [0.25, 0.3) is 0 Å². The quantitative estimate of drug-likeness (QED) is 0.831. The molecule has 0 heterocycles. The lowest BCUT2D eigenvalue weighted by Gasteiger charge is -2.19. The second-order valence-electron chi connectivity index (χ2n) is 3.96. The van der Waals surface area contributed by atoms with Crippen LogP contribution in [0.3, 0.4) is 0 Å². The van der Waals surface area contributed by atoms with E-state index < -0.39 is 10.8 Å². The molecule has 0 amide bonds. The molecule has 2 atom stereocenters. The molecule has 2 nitrogen and oxygen atoms in total. The molecule has 1 aromatic carbocycles. The zero-order chi connectivity index (χ0) is 11.3. The van der Waals surface area contributed by atoms with Gasteiger partial charge in [-0.1, -0.05) is 32.0 Å². The van der Waals surface area contributed by atoms with Gasteiger partial charge in [0, 0.05) is 16.7 Å². The second kappa shape index (κ2) is 6.03. The third-order valence-corrected chi connectivity index (χ3v) is 3.97. The lowest BCUT2D eigenvalue weighted by molar-refractivity contribution is 0.462. The van der Waals surface area contributed by atoms with Gasteiger partial charge in [0.05, 0.1) is 10.8 Å². The van der Waals surface area contributed by atoms with Gasteiger partial charge < -0.3 is 5.32 Å². The Bertz CT molecular complexity index is 311. The van der Waals surface area contributed by atoms with E-state index in [9.17, 15) is 4.21 Å². The van der Waals surface area contributed by atoms with Crippen LogP contribution in [0.4, 0.5) is 0 Å². The first-order valence-corrected chi connectivity index (χ1v) is 6.57. The molecule has 0 saturated carbocycles. The highest BCUT2D eigenvalue weighted by molar-refractivity contribution is 7.85. The van der Waals surface area contributed by atoms with Crippen molar-refractivity contribution >= 4 is 10.8 Å². The Kier molecular flexibility index (Phi) is 4.99. The topological polar surface area (TPSA) is 29.1 Å². The maximum absolute atomic E-state index is 12.0. The van der Waals surface area contributed by atoms with E-state index in [1.165, 1.54) is 0 Å². The van der Waals surface area contributed by atoms with Crippen LogP contribution in [0, 0.1) is 5.92 Å². The molecular formula is C12H19NOS. The summed E-state index contributed by atoms with van der Waals surface area (Å²) in [6.45, 7) is 4.28. The molecule has 0 radical (unpaired) electrons. The van der Waals surface area contributed by atoms with Crippen molar-refractivity contribution in [3.63, 3.8) is 0 Å². The van der Waals surface area contributed by atoms with Crippen LogP contribution < -0.4 is 5.32 Å². The summed E-state index contributed by atoms with van der Waals surface area (Å²) >= 11 is 0. The summed E-state index contributed by atoms with van der Waals surface area (Å²) in [7, 11) is 1.03. The Morgan fingerprint density at radius 3 is 2.33 bits per heavy atom. The van der Waals surface area contributed by atoms with E-state index in [0.717, 1.165) is 4.90 Å². The molecule has 1 N–H and O–H groups in total. The van der Waals surface area contributed by atoms with Crippen LogP contribution in [0.5, 0.6) is 0 Å². The summed E-state index contributed by atoms with van der Waals surface area (Å²) < 4.78 is 12.0. The molecular weight excluding hydrogens is 206 g/mol. The van der Waals surface area contributed by atoms with Crippen LogP contribution in [0.25, 0.3) is 0 Å². The van der Waals surface area contributed by atoms with E-state index in [-0.39, 0.29) is 0 Å². The number of hydrogen-bond donors (Lipinski definition) is 1. The van der Waals surface area contributed by atoms with E-state index in [1.54, 1.807) is 0 Å². The van der Waals surface area contributed by atoms with Gasteiger partial charge in [-0.15, -0.1) is 0 Å². The van der Waals surface area contributed by atoms with Gasteiger partial charge in [0.2, 0.25) is 0 Å². The number of benzene rings is 1. The molecule has 2 unspecified atom stereocenters. The molecule has 0 aromatic heterocycles. The highest BCUT2D eigenvalue weighted by Crippen LogP contribution is 2.10. The van der Waals surface area contributed by atoms with Gasteiger partial charge in [-0.25, -0.2) is 0 Å². The Hall–Kier alpha value is -0.670. The standard InChI is InChI=1S/C12H19NOS/c1-10(2)12(13-3)9-15(14)11-7-5-4-6-8-11/h4-8,10,12-13H,9H2,1-3H3. The number of nitrogens with one attached hydrogen (secondary N) is 1. The third-order valence-electron chi connectivity index (χ3n) is 2.51. The molecule has 1 aromatic rings. The average Bonchev–Trinajstić information content (AvgIpc) is 2.26. The molecule has 84 valence electrons. The fraction of sp³-hybridized carbons (Fsp3) is 0.500. The van der Waals surface area contributed by atoms with Crippen LogP contribution in [-0.2, 0) is 10.8 Å². The van der Waals surface area contributed by atoms with Crippen LogP contribution in [0.1, 0.15) is 13.8 Å². The van der Waals surface area contributed by atoms with Crippen molar-refractivity contribution in [2.24, 2.45) is 5.92 Å². The van der Waals surface area contributed by atoms with Gasteiger partial charge >= 0.3 is 0 Å². The SMILES string of the molecule is CNC(CS(=O)c1ccccc1)C(C)C. The monoisotopic (exact) mass is 225 g/mol.